The number of nitrogens with one attached hydrogen (secondary N) is 1. The molecule has 3 rings (SSSR count). The molecule has 2 unspecified atom stereocenters. The molecule has 2 aliphatic rings. The second-order valence-corrected chi connectivity index (χ2v) is 5.87. The summed E-state index contributed by atoms with van der Waals surface area (Å²) in [6.45, 7) is 0.755. The lowest BCUT2D eigenvalue weighted by atomic mass is 10.1. The lowest BCUT2D eigenvalue weighted by Crippen LogP contribution is -2.27. The second-order valence-electron chi connectivity index (χ2n) is 5.31. The zero-order valence-corrected chi connectivity index (χ0v) is 11.1. The molecule has 4 nitrogen and oxygen atoms in total. The Labute approximate surface area is 111 Å². The van der Waals surface area contributed by atoms with Gasteiger partial charge in [0.05, 0.1) is 0 Å². The van der Waals surface area contributed by atoms with Gasteiger partial charge in [0.2, 0.25) is 0 Å². The summed E-state index contributed by atoms with van der Waals surface area (Å²) >= 11 is 6.23. The Balaban J connectivity index is 1.69. The first-order valence-electron chi connectivity index (χ1n) is 6.71. The van der Waals surface area contributed by atoms with E-state index in [0.29, 0.717) is 17.8 Å². The fourth-order valence-electron chi connectivity index (χ4n) is 2.64. The molecular formula is C13H18ClN3O. The second kappa shape index (κ2) is 4.92. The summed E-state index contributed by atoms with van der Waals surface area (Å²) in [5.74, 6) is 0.933. The van der Waals surface area contributed by atoms with Gasteiger partial charge in [-0.3, -0.25) is 4.79 Å². The topological polar surface area (TPSA) is 46.9 Å². The van der Waals surface area contributed by atoms with Crippen molar-refractivity contribution >= 4 is 17.4 Å². The molecule has 0 bridgehead atoms. The van der Waals surface area contributed by atoms with Crippen LogP contribution in [-0.2, 0) is 0 Å². The largest absolute Gasteiger partial charge is 0.365 e. The van der Waals surface area contributed by atoms with Crippen LogP contribution in [0.15, 0.2) is 17.2 Å². The van der Waals surface area contributed by atoms with Gasteiger partial charge in [-0.2, -0.15) is 0 Å². The van der Waals surface area contributed by atoms with Crippen LogP contribution in [0.3, 0.4) is 0 Å². The lowest BCUT2D eigenvalue weighted by molar-refractivity contribution is 0.583. The predicted molar refractivity (Wildman–Crippen MR) is 72.2 cm³/mol. The number of rotatable bonds is 4. The average molecular weight is 268 g/mol. The molecule has 1 heterocycles. The highest BCUT2D eigenvalue weighted by molar-refractivity contribution is 6.20. The van der Waals surface area contributed by atoms with Crippen molar-refractivity contribution in [3.05, 3.63) is 22.7 Å². The highest BCUT2D eigenvalue weighted by Crippen LogP contribution is 2.33. The van der Waals surface area contributed by atoms with Crippen molar-refractivity contribution in [3.63, 3.8) is 0 Å². The molecule has 1 aromatic heterocycles. The van der Waals surface area contributed by atoms with Gasteiger partial charge in [0.1, 0.15) is 0 Å². The molecule has 0 aliphatic heterocycles. The third-order valence-corrected chi connectivity index (χ3v) is 4.48. The summed E-state index contributed by atoms with van der Waals surface area (Å²) < 4.78 is 1.79. The van der Waals surface area contributed by atoms with Gasteiger partial charge >= 0.3 is 0 Å². The van der Waals surface area contributed by atoms with Gasteiger partial charge in [0.15, 0.2) is 5.82 Å². The van der Waals surface area contributed by atoms with E-state index in [1.54, 1.807) is 17.0 Å². The number of alkyl halides is 1. The molecule has 5 heteroatoms. The van der Waals surface area contributed by atoms with Crippen LogP contribution in [0, 0.1) is 5.92 Å². The molecule has 18 heavy (non-hydrogen) atoms. The molecule has 0 spiro atoms. The molecule has 2 fully saturated rings. The molecule has 1 N–H and O–H groups in total. The third kappa shape index (κ3) is 2.39. The van der Waals surface area contributed by atoms with Crippen LogP contribution in [0.25, 0.3) is 0 Å². The summed E-state index contributed by atoms with van der Waals surface area (Å²) in [6.07, 6.45) is 9.12. The van der Waals surface area contributed by atoms with Gasteiger partial charge in [0.25, 0.3) is 5.56 Å². The van der Waals surface area contributed by atoms with Crippen LogP contribution in [-0.4, -0.2) is 21.5 Å². The number of anilines is 1. The smallest absolute Gasteiger partial charge is 0.293 e. The molecule has 98 valence electrons. The van der Waals surface area contributed by atoms with Gasteiger partial charge in [-0.05, 0) is 31.6 Å². The molecule has 0 amide bonds. The third-order valence-electron chi connectivity index (χ3n) is 3.91. The number of aromatic nitrogens is 2. The molecular weight excluding hydrogens is 250 g/mol. The minimum absolute atomic E-state index is 0.00381. The molecule has 2 saturated carbocycles. The Kier molecular flexibility index (Phi) is 3.29. The van der Waals surface area contributed by atoms with Gasteiger partial charge in [0, 0.05) is 30.4 Å². The number of halogens is 1. The number of hydrogen-bond donors (Lipinski definition) is 1. The first kappa shape index (κ1) is 12.0. The van der Waals surface area contributed by atoms with E-state index in [2.05, 4.69) is 10.3 Å². The zero-order chi connectivity index (χ0) is 12.5. The van der Waals surface area contributed by atoms with Gasteiger partial charge in [-0.25, -0.2) is 4.98 Å². The summed E-state index contributed by atoms with van der Waals surface area (Å²) in [4.78, 5) is 16.3. The van der Waals surface area contributed by atoms with Crippen LogP contribution >= 0.6 is 11.6 Å². The first-order chi connectivity index (χ1) is 8.75. The Morgan fingerprint density at radius 1 is 1.39 bits per heavy atom. The van der Waals surface area contributed by atoms with Gasteiger partial charge < -0.3 is 9.88 Å². The fraction of sp³-hybridized carbons (Fsp3) is 0.692. The standard InChI is InChI=1S/C13H18ClN3O/c14-11-3-1-2-9(11)8-16-12-13(18)17(7-6-15-12)10-4-5-10/h6-7,9-11H,1-5,8H2,(H,15,16). The Bertz CT molecular complexity index is 483. The number of hydrogen-bond acceptors (Lipinski definition) is 3. The van der Waals surface area contributed by atoms with E-state index in [0.717, 1.165) is 32.2 Å². The van der Waals surface area contributed by atoms with Gasteiger partial charge in [-0.15, -0.1) is 11.6 Å². The van der Waals surface area contributed by atoms with Gasteiger partial charge in [-0.1, -0.05) is 6.42 Å². The van der Waals surface area contributed by atoms with E-state index < -0.39 is 0 Å². The maximum Gasteiger partial charge on any atom is 0.293 e. The van der Waals surface area contributed by atoms with Crippen molar-refractivity contribution in [2.45, 2.75) is 43.5 Å². The molecule has 1 aromatic rings. The predicted octanol–water partition coefficient (Wildman–Crippen LogP) is 2.40. The Morgan fingerprint density at radius 2 is 2.22 bits per heavy atom. The Hall–Kier alpha value is -1.03. The summed E-state index contributed by atoms with van der Waals surface area (Å²) in [5.41, 5.74) is 0.00381. The summed E-state index contributed by atoms with van der Waals surface area (Å²) in [7, 11) is 0. The fourth-order valence-corrected chi connectivity index (χ4v) is 3.01. The molecule has 0 aromatic carbocycles. The maximum atomic E-state index is 12.1. The summed E-state index contributed by atoms with van der Waals surface area (Å²) in [6, 6.07) is 0.397. The maximum absolute atomic E-state index is 12.1. The van der Waals surface area contributed by atoms with Crippen LogP contribution < -0.4 is 10.9 Å². The monoisotopic (exact) mass is 267 g/mol. The average Bonchev–Trinajstić information content (AvgIpc) is 3.12. The zero-order valence-electron chi connectivity index (χ0n) is 10.3. The highest BCUT2D eigenvalue weighted by atomic mass is 35.5. The van der Waals surface area contributed by atoms with Crippen molar-refractivity contribution in [3.8, 4) is 0 Å². The van der Waals surface area contributed by atoms with Crippen LogP contribution in [0.2, 0.25) is 0 Å². The molecule has 0 saturated heterocycles. The van der Waals surface area contributed by atoms with E-state index in [1.807, 2.05) is 0 Å². The minimum atomic E-state index is 0.00381. The van der Waals surface area contributed by atoms with Crippen LogP contribution in [0.5, 0.6) is 0 Å². The van der Waals surface area contributed by atoms with Crippen molar-refractivity contribution < 1.29 is 0 Å². The highest BCUT2D eigenvalue weighted by Gasteiger charge is 2.27. The van der Waals surface area contributed by atoms with E-state index in [1.165, 1.54) is 6.42 Å². The van der Waals surface area contributed by atoms with Crippen LogP contribution in [0.1, 0.15) is 38.1 Å². The van der Waals surface area contributed by atoms with Crippen molar-refractivity contribution in [2.24, 2.45) is 5.92 Å². The van der Waals surface area contributed by atoms with Crippen LogP contribution in [0.4, 0.5) is 5.82 Å². The normalized spacial score (nSPS) is 27.4. The molecule has 2 atom stereocenters. The molecule has 0 radical (unpaired) electrons. The first-order valence-corrected chi connectivity index (χ1v) is 7.14. The van der Waals surface area contributed by atoms with E-state index in [4.69, 9.17) is 11.6 Å². The van der Waals surface area contributed by atoms with E-state index in [-0.39, 0.29) is 10.9 Å². The summed E-state index contributed by atoms with van der Waals surface area (Å²) in [5, 5.41) is 3.42. The van der Waals surface area contributed by atoms with Crippen molar-refractivity contribution in [1.29, 1.82) is 0 Å². The minimum Gasteiger partial charge on any atom is -0.365 e. The number of nitrogens with zero attached hydrogens (tertiary/aromatic N) is 2. The van der Waals surface area contributed by atoms with Crippen molar-refractivity contribution in [2.75, 3.05) is 11.9 Å². The van der Waals surface area contributed by atoms with E-state index >= 15 is 0 Å². The molecule has 2 aliphatic carbocycles. The lowest BCUT2D eigenvalue weighted by Gasteiger charge is -2.15. The van der Waals surface area contributed by atoms with Crippen molar-refractivity contribution in [1.82, 2.24) is 9.55 Å². The Morgan fingerprint density at radius 3 is 2.89 bits per heavy atom. The SMILES string of the molecule is O=c1c(NCC2CCCC2Cl)nccn1C1CC1. The quantitative estimate of drug-likeness (QED) is 0.852. The van der Waals surface area contributed by atoms with E-state index in [9.17, 15) is 4.79 Å².